The summed E-state index contributed by atoms with van der Waals surface area (Å²) in [6, 6.07) is 14.0. The zero-order chi connectivity index (χ0) is 15.2. The fraction of sp³-hybridized carbons (Fsp3) is 0.278. The number of benzene rings is 2. The summed E-state index contributed by atoms with van der Waals surface area (Å²) in [6.45, 7) is 6.76. The summed E-state index contributed by atoms with van der Waals surface area (Å²) in [7, 11) is 0. The van der Waals surface area contributed by atoms with Crippen molar-refractivity contribution in [3.05, 3.63) is 59.2 Å². The van der Waals surface area contributed by atoms with Gasteiger partial charge in [0.05, 0.1) is 0 Å². The van der Waals surface area contributed by atoms with E-state index in [1.165, 1.54) is 11.1 Å². The minimum absolute atomic E-state index is 0.0306. The molecule has 0 saturated carbocycles. The summed E-state index contributed by atoms with van der Waals surface area (Å²) in [4.78, 5) is 12.0. The van der Waals surface area contributed by atoms with E-state index in [2.05, 4.69) is 36.6 Å². The number of hydrogen-bond donors (Lipinski definition) is 2. The van der Waals surface area contributed by atoms with Crippen LogP contribution in [0.1, 0.15) is 23.1 Å². The Bertz CT molecular complexity index is 615. The van der Waals surface area contributed by atoms with Gasteiger partial charge in [0.25, 0.3) is 0 Å². The van der Waals surface area contributed by atoms with Crippen LogP contribution in [-0.4, -0.2) is 12.5 Å². The van der Waals surface area contributed by atoms with Crippen molar-refractivity contribution in [2.24, 2.45) is 0 Å². The first-order valence-electron chi connectivity index (χ1n) is 7.23. The van der Waals surface area contributed by atoms with Gasteiger partial charge in [0, 0.05) is 24.3 Å². The van der Waals surface area contributed by atoms with E-state index >= 15 is 0 Å². The summed E-state index contributed by atoms with van der Waals surface area (Å²) in [5, 5.41) is 6.30. The molecule has 1 amide bonds. The number of aryl methyl sites for hydroxylation is 3. The van der Waals surface area contributed by atoms with Gasteiger partial charge in [-0.05, 0) is 43.5 Å². The molecule has 0 unspecified atom stereocenters. The number of rotatable bonds is 5. The number of hydrogen-bond acceptors (Lipinski definition) is 2. The van der Waals surface area contributed by atoms with Gasteiger partial charge in [0.2, 0.25) is 5.91 Å². The Morgan fingerprint density at radius 3 is 2.19 bits per heavy atom. The van der Waals surface area contributed by atoms with E-state index in [9.17, 15) is 4.79 Å². The van der Waals surface area contributed by atoms with Crippen LogP contribution in [-0.2, 0) is 4.79 Å². The average Bonchev–Trinajstić information content (AvgIpc) is 2.45. The molecule has 0 spiro atoms. The second-order valence-corrected chi connectivity index (χ2v) is 5.31. The molecule has 3 nitrogen and oxygen atoms in total. The molecule has 2 N–H and O–H groups in total. The average molecular weight is 282 g/mol. The van der Waals surface area contributed by atoms with Crippen molar-refractivity contribution < 1.29 is 4.79 Å². The normalized spacial score (nSPS) is 10.2. The van der Waals surface area contributed by atoms with Gasteiger partial charge in [-0.1, -0.05) is 36.4 Å². The molecule has 0 fully saturated rings. The van der Waals surface area contributed by atoms with Crippen LogP contribution < -0.4 is 10.6 Å². The van der Waals surface area contributed by atoms with Gasteiger partial charge >= 0.3 is 0 Å². The molecule has 0 aliphatic carbocycles. The van der Waals surface area contributed by atoms with E-state index in [0.29, 0.717) is 13.0 Å². The summed E-state index contributed by atoms with van der Waals surface area (Å²) in [5.41, 5.74) is 5.49. The van der Waals surface area contributed by atoms with Crippen LogP contribution in [0.2, 0.25) is 0 Å². The summed E-state index contributed by atoms with van der Waals surface area (Å²) >= 11 is 0. The predicted molar refractivity (Wildman–Crippen MR) is 88.8 cm³/mol. The standard InChI is InChI=1S/C18H22N2O/c1-13-7-4-5-10-16(13)20-17(21)11-12-19-18-14(2)8-6-9-15(18)3/h4-10,19H,11-12H2,1-3H3,(H,20,21). The first-order chi connectivity index (χ1) is 10.1. The molecule has 0 radical (unpaired) electrons. The monoisotopic (exact) mass is 282 g/mol. The zero-order valence-corrected chi connectivity index (χ0v) is 12.9. The van der Waals surface area contributed by atoms with Gasteiger partial charge in [-0.2, -0.15) is 0 Å². The van der Waals surface area contributed by atoms with Gasteiger partial charge < -0.3 is 10.6 Å². The van der Waals surface area contributed by atoms with E-state index in [4.69, 9.17) is 0 Å². The number of para-hydroxylation sites is 2. The molecule has 0 saturated heterocycles. The third-order valence-corrected chi connectivity index (χ3v) is 3.55. The first-order valence-corrected chi connectivity index (χ1v) is 7.23. The Morgan fingerprint density at radius 2 is 1.52 bits per heavy atom. The second kappa shape index (κ2) is 6.93. The van der Waals surface area contributed by atoms with Gasteiger partial charge in [-0.25, -0.2) is 0 Å². The number of nitrogens with one attached hydrogen (secondary N) is 2. The van der Waals surface area contributed by atoms with Crippen LogP contribution in [0, 0.1) is 20.8 Å². The third-order valence-electron chi connectivity index (χ3n) is 3.55. The van der Waals surface area contributed by atoms with Crippen LogP contribution >= 0.6 is 0 Å². The molecule has 2 aromatic carbocycles. The molecule has 0 atom stereocenters. The lowest BCUT2D eigenvalue weighted by Crippen LogP contribution is -2.17. The molecule has 0 aliphatic heterocycles. The Hall–Kier alpha value is -2.29. The number of carbonyl (C=O) groups is 1. The Balaban J connectivity index is 1.86. The highest BCUT2D eigenvalue weighted by Gasteiger charge is 2.05. The highest BCUT2D eigenvalue weighted by atomic mass is 16.1. The Kier molecular flexibility index (Phi) is 4.99. The molecule has 0 aliphatic rings. The predicted octanol–water partition coefficient (Wildman–Crippen LogP) is 4.05. The van der Waals surface area contributed by atoms with Crippen molar-refractivity contribution >= 4 is 17.3 Å². The molecule has 0 bridgehead atoms. The minimum Gasteiger partial charge on any atom is -0.384 e. The molecule has 0 aromatic heterocycles. The van der Waals surface area contributed by atoms with Crippen molar-refractivity contribution in [1.82, 2.24) is 0 Å². The maximum atomic E-state index is 12.0. The highest BCUT2D eigenvalue weighted by molar-refractivity contribution is 5.91. The van der Waals surface area contributed by atoms with Gasteiger partial charge in [0.15, 0.2) is 0 Å². The van der Waals surface area contributed by atoms with Crippen LogP contribution in [0.4, 0.5) is 11.4 Å². The number of anilines is 2. The second-order valence-electron chi connectivity index (χ2n) is 5.31. The van der Waals surface area contributed by atoms with E-state index < -0.39 is 0 Å². The summed E-state index contributed by atoms with van der Waals surface area (Å²) in [5.74, 6) is 0.0306. The maximum absolute atomic E-state index is 12.0. The van der Waals surface area contributed by atoms with Crippen molar-refractivity contribution in [3.63, 3.8) is 0 Å². The maximum Gasteiger partial charge on any atom is 0.226 e. The number of amides is 1. The van der Waals surface area contributed by atoms with Gasteiger partial charge in [-0.3, -0.25) is 4.79 Å². The SMILES string of the molecule is Cc1ccccc1NC(=O)CCNc1c(C)cccc1C. The Morgan fingerprint density at radius 1 is 0.905 bits per heavy atom. The quantitative estimate of drug-likeness (QED) is 0.868. The van der Waals surface area contributed by atoms with E-state index in [1.807, 2.05) is 37.3 Å². The van der Waals surface area contributed by atoms with E-state index in [0.717, 1.165) is 16.9 Å². The summed E-state index contributed by atoms with van der Waals surface area (Å²) < 4.78 is 0. The smallest absolute Gasteiger partial charge is 0.226 e. The van der Waals surface area contributed by atoms with E-state index in [1.54, 1.807) is 0 Å². The van der Waals surface area contributed by atoms with Crippen LogP contribution in [0.15, 0.2) is 42.5 Å². The van der Waals surface area contributed by atoms with Crippen molar-refractivity contribution in [3.8, 4) is 0 Å². The van der Waals surface area contributed by atoms with Crippen LogP contribution in [0.3, 0.4) is 0 Å². The number of carbonyl (C=O) groups excluding carboxylic acids is 1. The molecular formula is C18H22N2O. The zero-order valence-electron chi connectivity index (χ0n) is 12.9. The molecule has 21 heavy (non-hydrogen) atoms. The minimum atomic E-state index is 0.0306. The topological polar surface area (TPSA) is 41.1 Å². The fourth-order valence-electron chi connectivity index (χ4n) is 2.32. The largest absolute Gasteiger partial charge is 0.384 e. The molecule has 110 valence electrons. The Labute approximate surface area is 126 Å². The van der Waals surface area contributed by atoms with Crippen LogP contribution in [0.5, 0.6) is 0 Å². The van der Waals surface area contributed by atoms with Crippen molar-refractivity contribution in [2.75, 3.05) is 17.2 Å². The third kappa shape index (κ3) is 4.09. The van der Waals surface area contributed by atoms with E-state index in [-0.39, 0.29) is 5.91 Å². The molecule has 2 rings (SSSR count). The molecular weight excluding hydrogens is 260 g/mol. The van der Waals surface area contributed by atoms with Gasteiger partial charge in [0.1, 0.15) is 0 Å². The summed E-state index contributed by atoms with van der Waals surface area (Å²) in [6.07, 6.45) is 0.447. The molecule has 2 aromatic rings. The molecule has 0 heterocycles. The lowest BCUT2D eigenvalue weighted by Gasteiger charge is -2.13. The first kappa shape index (κ1) is 15.1. The van der Waals surface area contributed by atoms with Gasteiger partial charge in [-0.15, -0.1) is 0 Å². The van der Waals surface area contributed by atoms with Crippen molar-refractivity contribution in [2.45, 2.75) is 27.2 Å². The van der Waals surface area contributed by atoms with Crippen molar-refractivity contribution in [1.29, 1.82) is 0 Å². The van der Waals surface area contributed by atoms with Crippen LogP contribution in [0.25, 0.3) is 0 Å². The lowest BCUT2D eigenvalue weighted by atomic mass is 10.1. The highest BCUT2D eigenvalue weighted by Crippen LogP contribution is 2.19. The fourth-order valence-corrected chi connectivity index (χ4v) is 2.32. The molecule has 3 heteroatoms. The lowest BCUT2D eigenvalue weighted by molar-refractivity contribution is -0.115.